The van der Waals surface area contributed by atoms with Crippen molar-refractivity contribution in [1.82, 2.24) is 82.8 Å². The molecular weight excluding hydrogens is 2330 g/mol. The predicted octanol–water partition coefficient (Wildman–Crippen LogP) is 4.01. The van der Waals surface area contributed by atoms with Crippen molar-refractivity contribution in [1.29, 1.82) is 13.4 Å². The standard InChI is InChI=1S/C6H9F3N4O.C6H7F3N4.C4H4ClF3N2O2.2C4H2ClF3N2O.C4H4ClNO2.C4H5F3O2.2C2H2Cl2O.2C2H3F3N2O.C2H8N2.2C2H3N.C2H4O2.2CH4O.2CH4.Cl3OP.Cl2OS.H4N2.Na.3H2O/c7-6(8,9)5(14)13-12-4-3-10-1-2-11-4;7-6(8,9)5-12-11-4-3-10-1-2-13(4)5;5-1-2(11)9-10-3(12)4(6,7)8;2*5-1-2-9-10-3(11-2)4(6,7)8;5-6-3(7)1-2-4(6)8;1-2-9-3(8)4(5,6)7;2*3-1-2(4)5;2*3-2(4,5)1(8)7-6;3-1-2-4;2*1-2-3;1-2(3)4;2*1-2;;;1-5(2,3)4;1-4(2)3;1-2;;;;/h10H,1-3H2,(H,11,12)(H,13,14);10H,1-3H2;1H2,(H,9,11)(H,10,12);2*1H2;1-2H2;2H2,1H3;2*1H2;2*6H2,(H,7,8);1-4H2;2*1H3;1H3,(H,3,4);2*2H,1H3;2*1H4;;;1-2H2;;3*1H2/q;;;;;;;;;;;;;;;;;;;;;;+1;;;/p-1/i2*1D2,2D2,3D2;3*1D2;;;2*1D2;;;1D2,2D2;;;1D3;;;;;;;;;;;/hD3. The number of aliphatic imine (C=N–C) groups is 1. The average molecular weight is 2450 g/mol. The molecule has 0 spiro atoms. The Kier molecular flexibility index (Phi) is 82.5. The molecule has 0 unspecified atom stereocenters. The summed E-state index contributed by atoms with van der Waals surface area (Å²) in [6.45, 7) is -21.5. The number of hydrogen-bond acceptors (Lipinski definition) is 37. The number of aliphatic hydroxyl groups is 2. The van der Waals surface area contributed by atoms with Crippen molar-refractivity contribution >= 4 is 232 Å². The van der Waals surface area contributed by atoms with Crippen molar-refractivity contribution < 1.29 is 283 Å². The summed E-state index contributed by atoms with van der Waals surface area (Å²) in [5.41, 5.74) is 26.1. The number of amides is 7. The van der Waals surface area contributed by atoms with E-state index in [4.69, 9.17) is 148 Å². The number of nitrogens with zero attached hydrogens (tertiary/aromatic N) is 11. The first kappa shape index (κ1) is 110. The molecule has 87 heteroatoms. The molecule has 1 saturated heterocycles. The monoisotopic (exact) mass is 2440 g/mol. The number of rotatable bonds is 7. The summed E-state index contributed by atoms with van der Waals surface area (Å²) in [5, 5.41) is 50.5. The molecule has 0 atom stereocenters. The normalized spacial score (nSPS) is 17.5. The summed E-state index contributed by atoms with van der Waals surface area (Å²) in [6.07, 6.45) is -39.1. The van der Waals surface area contributed by atoms with Gasteiger partial charge in [0.1, 0.15) is 29.2 Å². The fourth-order valence-corrected chi connectivity index (χ4v) is 3.56. The van der Waals surface area contributed by atoms with Gasteiger partial charge in [0.25, 0.3) is 11.9 Å². The topological polar surface area (TPSA) is 809 Å². The van der Waals surface area contributed by atoms with Gasteiger partial charge in [-0.1, -0.05) is 14.9 Å². The maximum atomic E-state index is 12.7. The second-order valence-corrected chi connectivity index (χ2v) is 26.9. The number of amidine groups is 1. The Labute approximate surface area is 901 Å². The molecule has 6 rings (SSSR count). The summed E-state index contributed by atoms with van der Waals surface area (Å²) >= 11 is 52.4. The zero-order valence-electron chi connectivity index (χ0n) is 97.5. The molecule has 3 aromatic heterocycles. The number of carbonyl (C=O) groups is 11. The zero-order chi connectivity index (χ0) is 140. The molecule has 0 aliphatic carbocycles. The van der Waals surface area contributed by atoms with Crippen LogP contribution in [0.2, 0.25) is 0 Å². The zero-order valence-corrected chi connectivity index (χ0v) is 79.1. The van der Waals surface area contributed by atoms with Gasteiger partial charge in [0, 0.05) is 128 Å². The summed E-state index contributed by atoms with van der Waals surface area (Å²) in [6, 6.07) is 3.50. The Morgan fingerprint density at radius 3 is 1.12 bits per heavy atom. The SMILES string of the molecule is C.C.CC#N.CC#N.CCOC(=O)C(F)(F)F.CO.CO.NN.NNC(=O)C(F)(F)F.NNC(=O)C(F)(F)F.O.O=C1CCC(=O)N1Cl.O=P(Cl)(Cl)Cl.O=S(Cl)Cl.[2H]C([2H])(Cl)C(=O)Cl.[2H]C([2H])(Cl)C(=O)Cl.[2H]C([2H])(Cl)C(=O)NNC(=O)C(F)(F)F.[2H]C([2H])(Cl)c1nnc(C(F)(F)F)o1.[2H]C([2H])(Cl)c1nnc(C(F)(F)F)o1.[2H]C([2H])(N)C([2H])([2H])N.[2H]C([2H])([2H])C(=O)O.[2H]C1([2H])NC([2H])([2H])C([2H])([2H])N=C1NNC(=O)C(F)(F)F.[2H]C1([2H])NC([2H])([2H])C([2H])([2H])n2c(C(F)(F)F)nnc21.[2H]O[2H].[2H][O-].[Na+]. The number of fused-ring (bicyclic) bond motifs is 1. The van der Waals surface area contributed by atoms with E-state index in [1.807, 2.05) is 0 Å². The Hall–Kier alpha value is -6.41. The van der Waals surface area contributed by atoms with E-state index in [1.54, 1.807) is 22.8 Å². The van der Waals surface area contributed by atoms with E-state index >= 15 is 0 Å². The minimum absolute atomic E-state index is 0. The van der Waals surface area contributed by atoms with E-state index in [9.17, 15) is 163 Å². The van der Waals surface area contributed by atoms with Crippen LogP contribution in [0.15, 0.2) is 13.8 Å². The minimum atomic E-state index is -5.23. The van der Waals surface area contributed by atoms with Crippen molar-refractivity contribution in [3.05, 3.63) is 35.2 Å². The number of carbonyl (C=O) groups excluding carboxylic acids is 10. The molecule has 3 aliphatic rings. The first-order valence-electron chi connectivity index (χ1n) is 43.7. The van der Waals surface area contributed by atoms with Crippen molar-refractivity contribution in [2.24, 2.45) is 39.8 Å². The third-order valence-electron chi connectivity index (χ3n) is 6.98. The van der Waals surface area contributed by atoms with Crippen LogP contribution >= 0.6 is 153 Å². The maximum absolute atomic E-state index is 12.7. The molecule has 28 N–H and O–H groups in total. The van der Waals surface area contributed by atoms with E-state index in [0.717, 1.165) is 41.3 Å². The van der Waals surface area contributed by atoms with Crippen LogP contribution in [0.25, 0.3) is 0 Å². The summed E-state index contributed by atoms with van der Waals surface area (Å²) < 4.78 is 522. The third-order valence-corrected chi connectivity index (χ3v) is 8.57. The number of hydrazine groups is 5. The Morgan fingerprint density at radius 2 is 0.921 bits per heavy atom. The molecule has 0 bridgehead atoms. The van der Waals surface area contributed by atoms with Crippen LogP contribution < -0.4 is 108 Å². The number of aromatic nitrogens is 7. The molecule has 7 amide bonds. The van der Waals surface area contributed by atoms with Crippen molar-refractivity contribution in [2.75, 3.05) is 77.3 Å². The van der Waals surface area contributed by atoms with Gasteiger partial charge < -0.3 is 72.0 Å². The second kappa shape index (κ2) is 104. The van der Waals surface area contributed by atoms with Gasteiger partial charge in [-0.05, 0) is 63.8 Å². The molecule has 0 aromatic carbocycles. The van der Waals surface area contributed by atoms with E-state index in [0.29, 0.717) is 4.42 Å². The van der Waals surface area contributed by atoms with Crippen LogP contribution in [-0.2, 0) is 114 Å². The largest absolute Gasteiger partial charge is 1.00 e. The molecular formula is C52H86Cl13F24N25NaO22PS. The Balaban J connectivity index is -0.0000000797. The molecule has 3 aliphatic heterocycles. The number of nitrogens with two attached hydrogens (primary N) is 6. The maximum Gasteiger partial charge on any atom is 1.00 e. The van der Waals surface area contributed by atoms with Crippen LogP contribution in [-0.4, -0.2) is 256 Å². The number of esters is 1. The minimum Gasteiger partial charge on any atom is -0.870 e. The van der Waals surface area contributed by atoms with Gasteiger partial charge in [-0.25, -0.2) is 20.7 Å². The van der Waals surface area contributed by atoms with Crippen molar-refractivity contribution in [3.63, 3.8) is 0 Å². The molecule has 6 heterocycles. The van der Waals surface area contributed by atoms with Gasteiger partial charge in [-0.3, -0.25) is 102 Å². The first-order chi connectivity index (χ1) is 73.2. The van der Waals surface area contributed by atoms with E-state index in [1.165, 1.54) is 26.2 Å². The number of imide groups is 1. The molecule has 0 saturated carbocycles. The summed E-state index contributed by atoms with van der Waals surface area (Å²) in [4.78, 5) is 112. The van der Waals surface area contributed by atoms with Crippen LogP contribution in [0.1, 0.15) is 132 Å². The second-order valence-electron chi connectivity index (χ2n) is 15.8. The van der Waals surface area contributed by atoms with Gasteiger partial charge in [-0.15, -0.1) is 90.0 Å². The smallest absolute Gasteiger partial charge is 0.870 e. The fraction of sp³-hybridized carbons (Fsp3) is 0.615. The van der Waals surface area contributed by atoms with Gasteiger partial charge in [-0.2, -0.15) is 120 Å². The average Bonchev–Trinajstić information content (AvgIpc) is 1.56. The molecule has 0 radical (unpaired) electrons. The quantitative estimate of drug-likeness (QED) is 0.0136. The number of ether oxygens (including phenoxy) is 1. The van der Waals surface area contributed by atoms with Crippen LogP contribution in [0.4, 0.5) is 105 Å². The molecule has 822 valence electrons. The number of carboxylic acids is 1. The molecule has 139 heavy (non-hydrogen) atoms. The number of carboxylic acid groups (broad SMARTS) is 1. The number of alkyl halides is 29. The van der Waals surface area contributed by atoms with E-state index < -0.39 is 245 Å². The number of halogens is 37. The van der Waals surface area contributed by atoms with Crippen molar-refractivity contribution in [2.45, 2.75) is 129 Å². The molecule has 1 fully saturated rings. The Morgan fingerprint density at radius 1 is 0.619 bits per heavy atom. The number of hydrogen-bond donors (Lipinski definition) is 17. The number of aliphatic carboxylic acids is 1. The molecule has 3 aromatic rings. The summed E-state index contributed by atoms with van der Waals surface area (Å²) in [5.74, 6) is -20.7. The van der Waals surface area contributed by atoms with Crippen molar-refractivity contribution in [3.8, 4) is 12.1 Å². The number of nitriles is 2. The van der Waals surface area contributed by atoms with Gasteiger partial charge in [0.2, 0.25) is 52.0 Å². The fourth-order valence-electron chi connectivity index (χ4n) is 3.19. The number of nitrogens with one attached hydrogen (secondary N) is 8. The van der Waals surface area contributed by atoms with Gasteiger partial charge in [0.05, 0.1) is 74.6 Å². The van der Waals surface area contributed by atoms with Gasteiger partial charge >= 0.3 is 126 Å². The summed E-state index contributed by atoms with van der Waals surface area (Å²) in [7, 11) is 9.36. The number of aliphatic hydroxyl groups excluding tert-OH is 2. The van der Waals surface area contributed by atoms with Crippen LogP contribution in [0, 0.1) is 22.7 Å². The van der Waals surface area contributed by atoms with Crippen LogP contribution in [0.3, 0.4) is 0 Å². The van der Waals surface area contributed by atoms with Gasteiger partial charge in [0.15, 0.2) is 0 Å². The molecule has 47 nitrogen and oxygen atoms in total. The first-order valence-corrected chi connectivity index (χ1v) is 38.2. The van der Waals surface area contributed by atoms with Crippen LogP contribution in [0.5, 0.6) is 0 Å². The third kappa shape index (κ3) is 134. The van der Waals surface area contributed by atoms with E-state index in [2.05, 4.69) is 169 Å². The predicted molar refractivity (Wildman–Crippen MR) is 446 cm³/mol. The van der Waals surface area contributed by atoms with E-state index in [-0.39, 0.29) is 85.7 Å². The Bertz CT molecular complexity index is 4980.